The summed E-state index contributed by atoms with van der Waals surface area (Å²) in [6.07, 6.45) is 0.530. The first-order valence-electron chi connectivity index (χ1n) is 9.54. The van der Waals surface area contributed by atoms with Gasteiger partial charge in [0.25, 0.3) is 5.91 Å². The smallest absolute Gasteiger partial charge is 0.256 e. The van der Waals surface area contributed by atoms with Gasteiger partial charge < -0.3 is 20.3 Å². The first-order chi connectivity index (χ1) is 13.4. The van der Waals surface area contributed by atoms with Crippen LogP contribution in [0.5, 0.6) is 0 Å². The molecular formula is C20H27N3O4S. The summed E-state index contributed by atoms with van der Waals surface area (Å²) in [5.41, 5.74) is 1.62. The molecule has 1 saturated heterocycles. The van der Waals surface area contributed by atoms with Crippen LogP contribution in [0.25, 0.3) is 0 Å². The van der Waals surface area contributed by atoms with Crippen LogP contribution in [0.4, 0.5) is 0 Å². The van der Waals surface area contributed by atoms with Crippen molar-refractivity contribution in [1.29, 1.82) is 0 Å². The number of fused-ring (bicyclic) bond motifs is 3. The number of carbonyl (C=O) groups excluding carboxylic acids is 3. The van der Waals surface area contributed by atoms with E-state index in [2.05, 4.69) is 10.6 Å². The molecular weight excluding hydrogens is 378 g/mol. The molecule has 2 aliphatic rings. The maximum absolute atomic E-state index is 13.0. The van der Waals surface area contributed by atoms with E-state index in [1.54, 1.807) is 29.8 Å². The zero-order chi connectivity index (χ0) is 20.3. The molecule has 0 bridgehead atoms. The van der Waals surface area contributed by atoms with E-state index >= 15 is 0 Å². The van der Waals surface area contributed by atoms with E-state index in [-0.39, 0.29) is 29.0 Å². The third-order valence-electron chi connectivity index (χ3n) is 4.94. The number of hydrogen-bond donors (Lipinski definition) is 2. The first-order valence-corrected chi connectivity index (χ1v) is 10.6. The third-order valence-corrected chi connectivity index (χ3v) is 6.25. The van der Waals surface area contributed by atoms with Crippen molar-refractivity contribution >= 4 is 29.5 Å². The minimum absolute atomic E-state index is 0.115. The van der Waals surface area contributed by atoms with Crippen molar-refractivity contribution < 1.29 is 19.1 Å². The van der Waals surface area contributed by atoms with E-state index in [0.717, 1.165) is 5.56 Å². The summed E-state index contributed by atoms with van der Waals surface area (Å²) in [4.78, 5) is 40.0. The van der Waals surface area contributed by atoms with Crippen molar-refractivity contribution in [2.24, 2.45) is 5.92 Å². The van der Waals surface area contributed by atoms with Crippen LogP contribution < -0.4 is 10.6 Å². The minimum atomic E-state index is -0.631. The molecule has 3 unspecified atom stereocenters. The molecule has 2 aliphatic heterocycles. The van der Waals surface area contributed by atoms with Crippen molar-refractivity contribution in [1.82, 2.24) is 15.5 Å². The fourth-order valence-electron chi connectivity index (χ4n) is 3.61. The van der Waals surface area contributed by atoms with Gasteiger partial charge in [0.15, 0.2) is 0 Å². The molecule has 0 aromatic heterocycles. The number of nitrogens with zero attached hydrogens (tertiary/aromatic N) is 1. The Balaban J connectivity index is 1.69. The number of benzene rings is 1. The molecule has 0 saturated carbocycles. The van der Waals surface area contributed by atoms with Crippen LogP contribution in [0.15, 0.2) is 24.3 Å². The Kier molecular flexibility index (Phi) is 6.61. The molecule has 2 heterocycles. The monoisotopic (exact) mass is 405 g/mol. The quantitative estimate of drug-likeness (QED) is 0.641. The molecule has 0 radical (unpaired) electrons. The molecule has 0 spiro atoms. The first kappa shape index (κ1) is 20.7. The van der Waals surface area contributed by atoms with E-state index in [1.807, 2.05) is 32.0 Å². The number of methoxy groups -OCH3 is 1. The Morgan fingerprint density at radius 1 is 1.32 bits per heavy atom. The SMILES string of the molecule is COCCNC(=O)C(CC(C)C)NC(=O)C1CSC2c3ccccc3C(=O)N12. The number of ether oxygens (including phenoxy) is 1. The number of nitrogens with one attached hydrogen (secondary N) is 2. The van der Waals surface area contributed by atoms with E-state index in [1.165, 1.54) is 0 Å². The predicted octanol–water partition coefficient (Wildman–Crippen LogP) is 1.55. The molecule has 1 fully saturated rings. The molecule has 28 heavy (non-hydrogen) atoms. The lowest BCUT2D eigenvalue weighted by atomic mass is 10.0. The number of carbonyl (C=O) groups is 3. The van der Waals surface area contributed by atoms with E-state index < -0.39 is 12.1 Å². The van der Waals surface area contributed by atoms with Crippen LogP contribution in [-0.2, 0) is 14.3 Å². The molecule has 0 aliphatic carbocycles. The molecule has 152 valence electrons. The highest BCUT2D eigenvalue weighted by atomic mass is 32.2. The highest BCUT2D eigenvalue weighted by Crippen LogP contribution is 2.48. The van der Waals surface area contributed by atoms with Gasteiger partial charge in [-0.05, 0) is 24.0 Å². The summed E-state index contributed by atoms with van der Waals surface area (Å²) in [5, 5.41) is 5.54. The number of amides is 3. The summed E-state index contributed by atoms with van der Waals surface area (Å²) in [7, 11) is 1.57. The molecule has 2 N–H and O–H groups in total. The number of thioether (sulfide) groups is 1. The average Bonchev–Trinajstić information content (AvgIpc) is 3.21. The Bertz CT molecular complexity index is 755. The highest BCUT2D eigenvalue weighted by molar-refractivity contribution is 7.99. The van der Waals surface area contributed by atoms with Gasteiger partial charge in [0.1, 0.15) is 17.5 Å². The third kappa shape index (κ3) is 4.17. The lowest BCUT2D eigenvalue weighted by molar-refractivity contribution is -0.131. The summed E-state index contributed by atoms with van der Waals surface area (Å²) in [6, 6.07) is 6.28. The van der Waals surface area contributed by atoms with Crippen LogP contribution in [0.1, 0.15) is 41.6 Å². The van der Waals surface area contributed by atoms with Crippen molar-refractivity contribution in [3.05, 3.63) is 35.4 Å². The van der Waals surface area contributed by atoms with Gasteiger partial charge in [0, 0.05) is 25.0 Å². The van der Waals surface area contributed by atoms with Crippen LogP contribution in [0.3, 0.4) is 0 Å². The zero-order valence-corrected chi connectivity index (χ0v) is 17.3. The summed E-state index contributed by atoms with van der Waals surface area (Å²) in [5.74, 6) is 0.148. The van der Waals surface area contributed by atoms with Gasteiger partial charge in [-0.2, -0.15) is 0 Å². The van der Waals surface area contributed by atoms with Crippen LogP contribution >= 0.6 is 11.8 Å². The van der Waals surface area contributed by atoms with E-state index in [0.29, 0.717) is 30.9 Å². The second kappa shape index (κ2) is 8.96. The van der Waals surface area contributed by atoms with Gasteiger partial charge in [-0.15, -0.1) is 11.8 Å². The van der Waals surface area contributed by atoms with Gasteiger partial charge >= 0.3 is 0 Å². The van der Waals surface area contributed by atoms with Gasteiger partial charge in [0.2, 0.25) is 11.8 Å². The second-order valence-corrected chi connectivity index (χ2v) is 8.59. The Hall–Kier alpha value is -2.06. The maximum atomic E-state index is 13.0. The Labute approximate surface area is 169 Å². The number of rotatable bonds is 8. The van der Waals surface area contributed by atoms with Gasteiger partial charge in [0.05, 0.1) is 6.61 Å². The lowest BCUT2D eigenvalue weighted by Gasteiger charge is -2.26. The molecule has 3 atom stereocenters. The van der Waals surface area contributed by atoms with Crippen molar-refractivity contribution in [2.45, 2.75) is 37.7 Å². The molecule has 3 amide bonds. The van der Waals surface area contributed by atoms with Crippen molar-refractivity contribution in [2.75, 3.05) is 26.0 Å². The Morgan fingerprint density at radius 2 is 2.07 bits per heavy atom. The minimum Gasteiger partial charge on any atom is -0.383 e. The fraction of sp³-hybridized carbons (Fsp3) is 0.550. The maximum Gasteiger partial charge on any atom is 0.256 e. The normalized spacial score (nSPS) is 21.4. The van der Waals surface area contributed by atoms with E-state index in [4.69, 9.17) is 4.74 Å². The second-order valence-electron chi connectivity index (χ2n) is 7.48. The summed E-state index contributed by atoms with van der Waals surface area (Å²) >= 11 is 1.59. The molecule has 7 nitrogen and oxygen atoms in total. The zero-order valence-electron chi connectivity index (χ0n) is 16.4. The summed E-state index contributed by atoms with van der Waals surface area (Å²) < 4.78 is 4.96. The van der Waals surface area contributed by atoms with E-state index in [9.17, 15) is 14.4 Å². The van der Waals surface area contributed by atoms with Crippen molar-refractivity contribution in [3.63, 3.8) is 0 Å². The topological polar surface area (TPSA) is 87.7 Å². The van der Waals surface area contributed by atoms with Crippen LogP contribution in [0, 0.1) is 5.92 Å². The molecule has 8 heteroatoms. The standard InChI is InChI=1S/C20H27N3O4S/c1-12(2)10-15(17(24)21-8-9-27-3)22-18(25)16-11-28-20-14-7-5-4-6-13(14)19(26)23(16)20/h4-7,12,15-16,20H,8-11H2,1-3H3,(H,21,24)(H,22,25). The molecule has 1 aromatic carbocycles. The van der Waals surface area contributed by atoms with Gasteiger partial charge in [-0.25, -0.2) is 0 Å². The molecule has 3 rings (SSSR count). The fourth-order valence-corrected chi connectivity index (χ4v) is 5.08. The van der Waals surface area contributed by atoms with Crippen LogP contribution in [0.2, 0.25) is 0 Å². The average molecular weight is 406 g/mol. The predicted molar refractivity (Wildman–Crippen MR) is 108 cm³/mol. The molecule has 1 aromatic rings. The summed E-state index contributed by atoms with van der Waals surface area (Å²) in [6.45, 7) is 4.81. The largest absolute Gasteiger partial charge is 0.383 e. The van der Waals surface area contributed by atoms with Gasteiger partial charge in [-0.1, -0.05) is 32.0 Å². The van der Waals surface area contributed by atoms with Crippen molar-refractivity contribution in [3.8, 4) is 0 Å². The van der Waals surface area contributed by atoms with Crippen LogP contribution in [-0.4, -0.2) is 60.7 Å². The lowest BCUT2D eigenvalue weighted by Crippen LogP contribution is -2.54. The highest BCUT2D eigenvalue weighted by Gasteiger charge is 2.48. The Morgan fingerprint density at radius 3 is 2.79 bits per heavy atom. The number of hydrogen-bond acceptors (Lipinski definition) is 5. The van der Waals surface area contributed by atoms with Gasteiger partial charge in [-0.3, -0.25) is 14.4 Å².